The van der Waals surface area contributed by atoms with Crippen molar-refractivity contribution < 1.29 is 18.9 Å². The molecule has 0 radical (unpaired) electrons. The van der Waals surface area contributed by atoms with Crippen molar-refractivity contribution in [3.8, 4) is 0 Å². The van der Waals surface area contributed by atoms with E-state index in [2.05, 4.69) is 0 Å². The molecule has 0 aromatic heterocycles. The number of hydrogen-bond acceptors (Lipinski definition) is 4. The van der Waals surface area contributed by atoms with Gasteiger partial charge in [-0.15, -0.1) is 0 Å². The molecule has 1 saturated carbocycles. The first-order chi connectivity index (χ1) is 8.36. The maximum Gasteiger partial charge on any atom is 0.190 e. The van der Waals surface area contributed by atoms with E-state index in [0.717, 1.165) is 32.3 Å². The van der Waals surface area contributed by atoms with Crippen LogP contribution in [0.4, 0.5) is 0 Å². The normalized spacial score (nSPS) is 48.0. The molecule has 4 aliphatic rings. The first-order valence-corrected chi connectivity index (χ1v) is 6.99. The molecule has 0 aromatic carbocycles. The summed E-state index contributed by atoms with van der Waals surface area (Å²) in [6, 6.07) is 0. The lowest BCUT2D eigenvalue weighted by molar-refractivity contribution is -0.252. The van der Waals surface area contributed by atoms with E-state index in [1.165, 1.54) is 19.3 Å². The average molecular weight is 240 g/mol. The zero-order valence-corrected chi connectivity index (χ0v) is 10.1. The smallest absolute Gasteiger partial charge is 0.190 e. The van der Waals surface area contributed by atoms with Crippen molar-refractivity contribution >= 4 is 0 Å². The van der Waals surface area contributed by atoms with Gasteiger partial charge in [0.05, 0.1) is 6.10 Å². The number of fused-ring (bicyclic) bond motifs is 3. The number of ether oxygens (including phenoxy) is 4. The molecule has 3 aliphatic heterocycles. The van der Waals surface area contributed by atoms with Gasteiger partial charge < -0.3 is 18.9 Å². The van der Waals surface area contributed by atoms with Crippen LogP contribution in [0, 0.1) is 0 Å². The van der Waals surface area contributed by atoms with Crippen molar-refractivity contribution in [1.29, 1.82) is 0 Å². The second kappa shape index (κ2) is 3.92. The average Bonchev–Trinajstić information content (AvgIpc) is 2.84. The fraction of sp³-hybridized carbons (Fsp3) is 1.00. The molecule has 4 fully saturated rings. The number of hydrogen-bond donors (Lipinski definition) is 0. The van der Waals surface area contributed by atoms with E-state index in [-0.39, 0.29) is 30.4 Å². The Morgan fingerprint density at radius 3 is 2.65 bits per heavy atom. The lowest BCUT2D eigenvalue weighted by atomic mass is 9.94. The third-order valence-electron chi connectivity index (χ3n) is 4.51. The Hall–Kier alpha value is -0.160. The van der Waals surface area contributed by atoms with Crippen LogP contribution in [0.1, 0.15) is 44.9 Å². The summed E-state index contributed by atoms with van der Waals surface area (Å²) in [7, 11) is 0. The Balaban J connectivity index is 1.51. The van der Waals surface area contributed by atoms with Crippen molar-refractivity contribution in [3.63, 3.8) is 0 Å². The summed E-state index contributed by atoms with van der Waals surface area (Å²) >= 11 is 0. The van der Waals surface area contributed by atoms with Gasteiger partial charge in [-0.1, -0.05) is 6.42 Å². The fourth-order valence-corrected chi connectivity index (χ4v) is 3.66. The largest absolute Gasteiger partial charge is 0.373 e. The van der Waals surface area contributed by atoms with E-state index in [0.29, 0.717) is 0 Å². The van der Waals surface area contributed by atoms with Gasteiger partial charge in [-0.3, -0.25) is 0 Å². The third kappa shape index (κ3) is 1.65. The monoisotopic (exact) mass is 240 g/mol. The van der Waals surface area contributed by atoms with Gasteiger partial charge >= 0.3 is 0 Å². The van der Waals surface area contributed by atoms with E-state index < -0.39 is 0 Å². The first-order valence-electron chi connectivity index (χ1n) is 6.99. The quantitative estimate of drug-likeness (QED) is 0.648. The molecule has 1 aliphatic carbocycles. The van der Waals surface area contributed by atoms with E-state index >= 15 is 0 Å². The third-order valence-corrected chi connectivity index (χ3v) is 4.51. The molecule has 4 rings (SSSR count). The van der Waals surface area contributed by atoms with Gasteiger partial charge in [0, 0.05) is 19.4 Å². The topological polar surface area (TPSA) is 36.9 Å². The van der Waals surface area contributed by atoms with Crippen LogP contribution in [0.5, 0.6) is 0 Å². The lowest BCUT2D eigenvalue weighted by Crippen LogP contribution is -2.41. The molecule has 3 heterocycles. The minimum atomic E-state index is -0.348. The molecule has 17 heavy (non-hydrogen) atoms. The fourth-order valence-electron chi connectivity index (χ4n) is 3.66. The van der Waals surface area contributed by atoms with E-state index in [1.54, 1.807) is 0 Å². The highest BCUT2D eigenvalue weighted by Crippen LogP contribution is 2.46. The summed E-state index contributed by atoms with van der Waals surface area (Å²) < 4.78 is 24.1. The molecular formula is C13H20O4. The van der Waals surface area contributed by atoms with Gasteiger partial charge in [0.2, 0.25) is 0 Å². The first kappa shape index (κ1) is 10.7. The predicted octanol–water partition coefficient (Wildman–Crippen LogP) is 1.97. The summed E-state index contributed by atoms with van der Waals surface area (Å²) in [5, 5.41) is 0. The minimum Gasteiger partial charge on any atom is -0.373 e. The molecule has 0 amide bonds. The van der Waals surface area contributed by atoms with Crippen molar-refractivity contribution in [2.75, 3.05) is 6.61 Å². The SMILES string of the molecule is C1CCC2(CC1)O[C@H]1O[C@@H]3CCCO[C@H]3[C@H]1O2. The molecule has 0 unspecified atom stereocenters. The van der Waals surface area contributed by atoms with Gasteiger partial charge in [0.1, 0.15) is 12.2 Å². The number of rotatable bonds is 0. The molecule has 4 atom stereocenters. The molecule has 96 valence electrons. The second-order valence-corrected chi connectivity index (χ2v) is 5.69. The van der Waals surface area contributed by atoms with Crippen LogP contribution in [0.25, 0.3) is 0 Å². The van der Waals surface area contributed by atoms with Crippen LogP contribution in [-0.2, 0) is 18.9 Å². The standard InChI is InChI=1S/C13H20O4/c1-2-6-13(7-3-1)16-11-10-9(5-4-8-14-10)15-12(11)17-13/h9-12H,1-8H2/t9-,10-,11-,12-/m1/s1. The Morgan fingerprint density at radius 1 is 0.882 bits per heavy atom. The van der Waals surface area contributed by atoms with Gasteiger partial charge in [0.15, 0.2) is 12.1 Å². The predicted molar refractivity (Wildman–Crippen MR) is 59.4 cm³/mol. The Kier molecular flexibility index (Phi) is 2.47. The minimum absolute atomic E-state index is 0.0124. The van der Waals surface area contributed by atoms with Crippen LogP contribution in [0.2, 0.25) is 0 Å². The molecule has 0 bridgehead atoms. The summed E-state index contributed by atoms with van der Waals surface area (Å²) in [5.41, 5.74) is 0. The molecule has 0 aromatic rings. The van der Waals surface area contributed by atoms with E-state index in [9.17, 15) is 0 Å². The highest BCUT2D eigenvalue weighted by Gasteiger charge is 2.58. The molecular weight excluding hydrogens is 220 g/mol. The van der Waals surface area contributed by atoms with Crippen molar-refractivity contribution in [1.82, 2.24) is 0 Å². The Morgan fingerprint density at radius 2 is 1.76 bits per heavy atom. The second-order valence-electron chi connectivity index (χ2n) is 5.69. The molecule has 4 heteroatoms. The van der Waals surface area contributed by atoms with Gasteiger partial charge in [-0.25, -0.2) is 0 Å². The summed E-state index contributed by atoms with van der Waals surface area (Å²) in [6.45, 7) is 0.837. The zero-order chi connectivity index (χ0) is 11.3. The zero-order valence-electron chi connectivity index (χ0n) is 10.1. The summed E-state index contributed by atoms with van der Waals surface area (Å²) in [6.07, 6.45) is 8.04. The van der Waals surface area contributed by atoms with Crippen molar-refractivity contribution in [3.05, 3.63) is 0 Å². The van der Waals surface area contributed by atoms with Crippen LogP contribution in [0.15, 0.2) is 0 Å². The van der Waals surface area contributed by atoms with Crippen LogP contribution in [-0.4, -0.2) is 37.0 Å². The van der Waals surface area contributed by atoms with Crippen LogP contribution >= 0.6 is 0 Å². The molecule has 3 saturated heterocycles. The Labute approximate surface area is 102 Å². The molecule has 0 N–H and O–H groups in total. The van der Waals surface area contributed by atoms with Gasteiger partial charge in [-0.2, -0.15) is 0 Å². The summed E-state index contributed by atoms with van der Waals surface area (Å²) in [5.74, 6) is -0.348. The van der Waals surface area contributed by atoms with Gasteiger partial charge in [0.25, 0.3) is 0 Å². The maximum absolute atomic E-state index is 6.21. The van der Waals surface area contributed by atoms with Crippen molar-refractivity contribution in [2.45, 2.75) is 75.3 Å². The molecule has 4 nitrogen and oxygen atoms in total. The molecule has 1 spiro atoms. The maximum atomic E-state index is 6.21. The van der Waals surface area contributed by atoms with E-state index in [4.69, 9.17) is 18.9 Å². The van der Waals surface area contributed by atoms with Crippen LogP contribution in [0.3, 0.4) is 0 Å². The summed E-state index contributed by atoms with van der Waals surface area (Å²) in [4.78, 5) is 0. The van der Waals surface area contributed by atoms with Gasteiger partial charge in [-0.05, 0) is 25.7 Å². The highest BCUT2D eigenvalue weighted by atomic mass is 16.8. The van der Waals surface area contributed by atoms with Crippen molar-refractivity contribution in [2.24, 2.45) is 0 Å². The highest BCUT2D eigenvalue weighted by molar-refractivity contribution is 4.97. The van der Waals surface area contributed by atoms with Crippen LogP contribution < -0.4 is 0 Å². The van der Waals surface area contributed by atoms with E-state index in [1.807, 2.05) is 0 Å². The Bertz CT molecular complexity index is 300. The lowest BCUT2D eigenvalue weighted by Gasteiger charge is -2.35.